The highest BCUT2D eigenvalue weighted by atomic mass is 127. The molecule has 0 aromatic heterocycles. The molecule has 166 valence electrons. The highest BCUT2D eigenvalue weighted by Crippen LogP contribution is 2.37. The van der Waals surface area contributed by atoms with Crippen molar-refractivity contribution in [3.8, 4) is 17.2 Å². The summed E-state index contributed by atoms with van der Waals surface area (Å²) in [7, 11) is 4.78. The molecule has 3 N–H and O–H groups in total. The molecule has 0 saturated heterocycles. The van der Waals surface area contributed by atoms with E-state index in [4.69, 9.17) is 9.47 Å². The van der Waals surface area contributed by atoms with Crippen LogP contribution < -0.4 is 20.1 Å². The normalized spacial score (nSPS) is 11.5. The molecular weight excluding hydrogens is 493 g/mol. The number of phenolic OH excluding ortho intramolecular Hbond substituents is 1. The zero-order valence-electron chi connectivity index (χ0n) is 18.7. The van der Waals surface area contributed by atoms with Crippen LogP contribution in [0.4, 0.5) is 0 Å². The molecule has 0 aliphatic rings. The Morgan fingerprint density at radius 3 is 2.03 bits per heavy atom. The molecule has 0 aliphatic carbocycles. The number of hydrogen-bond acceptors (Lipinski definition) is 4. The molecule has 0 aliphatic heterocycles. The lowest BCUT2D eigenvalue weighted by molar-refractivity contribution is 0.339. The minimum atomic E-state index is -0.0468. The Hall–Kier alpha value is -2.16. The molecule has 0 radical (unpaired) electrons. The van der Waals surface area contributed by atoms with Gasteiger partial charge >= 0.3 is 0 Å². The molecule has 0 fully saturated rings. The summed E-state index contributed by atoms with van der Waals surface area (Å²) in [4.78, 5) is 4.31. The van der Waals surface area contributed by atoms with Gasteiger partial charge in [-0.15, -0.1) is 24.0 Å². The van der Waals surface area contributed by atoms with Gasteiger partial charge in [-0.2, -0.15) is 0 Å². The van der Waals surface area contributed by atoms with Crippen LogP contribution in [0, 0.1) is 0 Å². The number of guanidine groups is 1. The van der Waals surface area contributed by atoms with Gasteiger partial charge in [-0.3, -0.25) is 4.99 Å². The quantitative estimate of drug-likeness (QED) is 0.272. The van der Waals surface area contributed by atoms with E-state index in [9.17, 15) is 5.11 Å². The van der Waals surface area contributed by atoms with Crippen molar-refractivity contribution < 1.29 is 14.6 Å². The second kappa shape index (κ2) is 11.9. The van der Waals surface area contributed by atoms with Crippen molar-refractivity contribution in [2.75, 3.05) is 27.8 Å². The van der Waals surface area contributed by atoms with Gasteiger partial charge in [0.25, 0.3) is 0 Å². The molecule has 0 amide bonds. The maximum Gasteiger partial charge on any atom is 0.200 e. The molecule has 7 heteroatoms. The third-order valence-corrected chi connectivity index (χ3v) is 5.06. The molecule has 0 spiro atoms. The molecule has 2 aromatic carbocycles. The summed E-state index contributed by atoms with van der Waals surface area (Å²) in [6.07, 6.45) is 1.04. The number of phenols is 1. The van der Waals surface area contributed by atoms with Crippen molar-refractivity contribution in [3.63, 3.8) is 0 Å². The Morgan fingerprint density at radius 2 is 1.57 bits per heavy atom. The lowest BCUT2D eigenvalue weighted by Gasteiger charge is -2.27. The number of aryl methyl sites for hydroxylation is 1. The predicted molar refractivity (Wildman–Crippen MR) is 134 cm³/mol. The Bertz CT molecular complexity index is 811. The number of nitrogens with one attached hydrogen (secondary N) is 2. The van der Waals surface area contributed by atoms with Crippen molar-refractivity contribution in [2.24, 2.45) is 4.99 Å². The number of nitrogens with zero attached hydrogens (tertiary/aromatic N) is 1. The van der Waals surface area contributed by atoms with Crippen LogP contribution >= 0.6 is 24.0 Å². The molecule has 0 bridgehead atoms. The Kier molecular flexibility index (Phi) is 10.2. The number of benzene rings is 2. The SMILES string of the molecule is CCc1ccc(C(C)(C)CNC(=NC)NCc2cc(OC)c(O)c(OC)c2)cc1.I. The first-order valence-electron chi connectivity index (χ1n) is 9.82. The van der Waals surface area contributed by atoms with E-state index in [1.54, 1.807) is 19.2 Å². The number of rotatable bonds is 8. The van der Waals surface area contributed by atoms with E-state index in [-0.39, 0.29) is 35.1 Å². The van der Waals surface area contributed by atoms with E-state index < -0.39 is 0 Å². The van der Waals surface area contributed by atoms with Gasteiger partial charge in [0.2, 0.25) is 5.75 Å². The Morgan fingerprint density at radius 1 is 1.00 bits per heavy atom. The highest BCUT2D eigenvalue weighted by Gasteiger charge is 2.21. The van der Waals surface area contributed by atoms with Crippen LogP contribution in [-0.4, -0.2) is 38.9 Å². The fourth-order valence-corrected chi connectivity index (χ4v) is 3.05. The topological polar surface area (TPSA) is 75.1 Å². The standard InChI is InChI=1S/C23H33N3O3.HI/c1-7-16-8-10-18(11-9-16)23(2,3)15-26-22(24-4)25-14-17-12-19(28-5)21(27)20(13-17)29-6;/h8-13,27H,7,14-15H2,1-6H3,(H2,24,25,26);1H. The lowest BCUT2D eigenvalue weighted by Crippen LogP contribution is -2.43. The van der Waals surface area contributed by atoms with Gasteiger partial charge in [0, 0.05) is 25.6 Å². The minimum Gasteiger partial charge on any atom is -0.502 e. The van der Waals surface area contributed by atoms with Gasteiger partial charge < -0.3 is 25.2 Å². The Balaban J connectivity index is 0.00000450. The van der Waals surface area contributed by atoms with Gasteiger partial charge in [-0.05, 0) is 35.2 Å². The fraction of sp³-hybridized carbons (Fsp3) is 0.435. The third-order valence-electron chi connectivity index (χ3n) is 5.06. The van der Waals surface area contributed by atoms with E-state index in [0.29, 0.717) is 24.0 Å². The highest BCUT2D eigenvalue weighted by molar-refractivity contribution is 14.0. The molecule has 0 heterocycles. The molecule has 6 nitrogen and oxygen atoms in total. The number of hydrogen-bond donors (Lipinski definition) is 3. The van der Waals surface area contributed by atoms with Crippen molar-refractivity contribution in [1.82, 2.24) is 10.6 Å². The van der Waals surface area contributed by atoms with E-state index in [0.717, 1.165) is 18.5 Å². The van der Waals surface area contributed by atoms with Gasteiger partial charge in [0.1, 0.15) is 0 Å². The van der Waals surface area contributed by atoms with Crippen LogP contribution in [0.15, 0.2) is 41.4 Å². The zero-order valence-corrected chi connectivity index (χ0v) is 21.0. The monoisotopic (exact) mass is 527 g/mol. The molecule has 0 unspecified atom stereocenters. The second-order valence-corrected chi connectivity index (χ2v) is 7.56. The molecule has 0 atom stereocenters. The number of aromatic hydroxyl groups is 1. The summed E-state index contributed by atoms with van der Waals surface area (Å²) in [5.74, 6) is 1.45. The average molecular weight is 527 g/mol. The van der Waals surface area contributed by atoms with Gasteiger partial charge in [-0.25, -0.2) is 0 Å². The summed E-state index contributed by atoms with van der Waals surface area (Å²) in [6.45, 7) is 7.84. The van der Waals surface area contributed by atoms with E-state index in [1.165, 1.54) is 25.3 Å². The first-order chi connectivity index (χ1) is 13.8. The Labute approximate surface area is 197 Å². The minimum absolute atomic E-state index is 0. The van der Waals surface area contributed by atoms with Crippen molar-refractivity contribution in [1.29, 1.82) is 0 Å². The van der Waals surface area contributed by atoms with Gasteiger partial charge in [-0.1, -0.05) is 45.0 Å². The van der Waals surface area contributed by atoms with Crippen LogP contribution in [0.5, 0.6) is 17.2 Å². The van der Waals surface area contributed by atoms with Crippen LogP contribution in [-0.2, 0) is 18.4 Å². The average Bonchev–Trinajstić information content (AvgIpc) is 2.74. The first-order valence-corrected chi connectivity index (χ1v) is 9.82. The number of halogens is 1. The van der Waals surface area contributed by atoms with E-state index in [2.05, 4.69) is 60.7 Å². The van der Waals surface area contributed by atoms with Crippen molar-refractivity contribution in [3.05, 3.63) is 53.1 Å². The maximum atomic E-state index is 10.0. The van der Waals surface area contributed by atoms with Crippen LogP contribution in [0.1, 0.15) is 37.5 Å². The number of ether oxygens (including phenoxy) is 2. The van der Waals surface area contributed by atoms with Crippen LogP contribution in [0.25, 0.3) is 0 Å². The van der Waals surface area contributed by atoms with Gasteiger partial charge in [0.05, 0.1) is 14.2 Å². The van der Waals surface area contributed by atoms with E-state index in [1.807, 2.05) is 0 Å². The van der Waals surface area contributed by atoms with Crippen molar-refractivity contribution >= 4 is 29.9 Å². The summed E-state index contributed by atoms with van der Waals surface area (Å²) in [5, 5.41) is 16.7. The second-order valence-electron chi connectivity index (χ2n) is 7.56. The predicted octanol–water partition coefficient (Wildman–Crippen LogP) is 4.23. The molecule has 30 heavy (non-hydrogen) atoms. The summed E-state index contributed by atoms with van der Waals surface area (Å²) in [5.41, 5.74) is 3.49. The lowest BCUT2D eigenvalue weighted by atomic mass is 9.84. The first kappa shape index (κ1) is 25.9. The number of aliphatic imine (C=N–C) groups is 1. The van der Waals surface area contributed by atoms with Gasteiger partial charge in [0.15, 0.2) is 17.5 Å². The fourth-order valence-electron chi connectivity index (χ4n) is 3.05. The van der Waals surface area contributed by atoms with Crippen molar-refractivity contribution in [2.45, 2.75) is 39.2 Å². The van der Waals surface area contributed by atoms with Crippen LogP contribution in [0.3, 0.4) is 0 Å². The zero-order chi connectivity index (χ0) is 21.4. The molecule has 0 saturated carbocycles. The summed E-state index contributed by atoms with van der Waals surface area (Å²) >= 11 is 0. The summed E-state index contributed by atoms with van der Waals surface area (Å²) in [6, 6.07) is 12.3. The van der Waals surface area contributed by atoms with E-state index >= 15 is 0 Å². The number of methoxy groups -OCH3 is 2. The molecular formula is C23H34IN3O3. The third kappa shape index (κ3) is 6.68. The molecule has 2 rings (SSSR count). The largest absolute Gasteiger partial charge is 0.502 e. The summed E-state index contributed by atoms with van der Waals surface area (Å²) < 4.78 is 10.4. The van der Waals surface area contributed by atoms with Crippen LogP contribution in [0.2, 0.25) is 0 Å². The molecule has 2 aromatic rings. The smallest absolute Gasteiger partial charge is 0.200 e. The maximum absolute atomic E-state index is 10.0.